The number of methoxy groups -OCH3 is 1. The van der Waals surface area contributed by atoms with Crippen molar-refractivity contribution in [2.24, 2.45) is 7.05 Å². The molecule has 3 aromatic rings. The molecule has 1 aliphatic heterocycles. The van der Waals surface area contributed by atoms with E-state index in [1.165, 1.54) is 22.9 Å². The zero-order chi connectivity index (χ0) is 24.4. The molecule has 0 bridgehead atoms. The molecule has 0 atom stereocenters. The molecule has 2 aromatic carbocycles. The quantitative estimate of drug-likeness (QED) is 0.537. The number of halogens is 2. The van der Waals surface area contributed by atoms with Crippen LogP contribution in [0.2, 0.25) is 5.02 Å². The van der Waals surface area contributed by atoms with Gasteiger partial charge in [-0.2, -0.15) is 0 Å². The summed E-state index contributed by atoms with van der Waals surface area (Å²) < 4.78 is 19.8. The minimum atomic E-state index is -0.387. The van der Waals surface area contributed by atoms with Crippen molar-refractivity contribution in [1.82, 2.24) is 9.47 Å². The Bertz CT molecular complexity index is 1270. The van der Waals surface area contributed by atoms with E-state index in [9.17, 15) is 14.0 Å². The number of ether oxygens (including phenoxy) is 1. The number of benzene rings is 2. The fourth-order valence-electron chi connectivity index (χ4n) is 4.34. The first kappa shape index (κ1) is 23.8. The van der Waals surface area contributed by atoms with Crippen molar-refractivity contribution in [3.63, 3.8) is 0 Å². The third-order valence-electron chi connectivity index (χ3n) is 6.37. The molecule has 0 aliphatic carbocycles. The first-order valence-electron chi connectivity index (χ1n) is 11.1. The first-order chi connectivity index (χ1) is 16.3. The molecule has 8 heteroatoms. The predicted octanol–water partition coefficient (Wildman–Crippen LogP) is 5.26. The number of hydrogen-bond donors (Lipinski definition) is 1. The maximum atomic E-state index is 13.5. The minimum Gasteiger partial charge on any atom is -0.497 e. The first-order valence-corrected chi connectivity index (χ1v) is 11.5. The van der Waals surface area contributed by atoms with Gasteiger partial charge in [-0.1, -0.05) is 23.7 Å². The van der Waals surface area contributed by atoms with Gasteiger partial charge in [0, 0.05) is 32.0 Å². The second kappa shape index (κ2) is 9.89. The van der Waals surface area contributed by atoms with E-state index >= 15 is 0 Å². The third-order valence-corrected chi connectivity index (χ3v) is 6.72. The van der Waals surface area contributed by atoms with Crippen molar-refractivity contribution >= 4 is 28.9 Å². The number of aryl methyl sites for hydroxylation is 2. The highest BCUT2D eigenvalue weighted by atomic mass is 35.5. The molecule has 0 spiro atoms. The van der Waals surface area contributed by atoms with E-state index in [1.54, 1.807) is 25.1 Å². The summed E-state index contributed by atoms with van der Waals surface area (Å²) in [6.45, 7) is 3.02. The Morgan fingerprint density at radius 3 is 2.44 bits per heavy atom. The van der Waals surface area contributed by atoms with Gasteiger partial charge in [-0.15, -0.1) is 0 Å². The fourth-order valence-corrected chi connectivity index (χ4v) is 4.62. The van der Waals surface area contributed by atoms with Crippen LogP contribution < -0.4 is 15.6 Å². The number of pyridine rings is 1. The van der Waals surface area contributed by atoms with E-state index < -0.39 is 0 Å². The number of aromatic nitrogens is 1. The summed E-state index contributed by atoms with van der Waals surface area (Å²) in [5.74, 6) is 0.533. The standard InChI is InChI=1S/C26H27ClFN3O3/c1-16-14-20(34-3)8-9-22(16)29-24-21(15-30(2)26(33)23(24)27)25(32)31-12-10-18(11-13-31)17-4-6-19(28)7-5-17/h4-9,14-15,18,29H,10-13H2,1-3H3. The second-order valence-corrected chi connectivity index (χ2v) is 8.95. The van der Waals surface area contributed by atoms with Crippen molar-refractivity contribution in [2.45, 2.75) is 25.7 Å². The number of hydrogen-bond acceptors (Lipinski definition) is 4. The monoisotopic (exact) mass is 483 g/mol. The minimum absolute atomic E-state index is 0.0373. The summed E-state index contributed by atoms with van der Waals surface area (Å²) in [6, 6.07) is 12.0. The summed E-state index contributed by atoms with van der Waals surface area (Å²) >= 11 is 6.44. The van der Waals surface area contributed by atoms with Crippen molar-refractivity contribution in [3.05, 3.63) is 86.5 Å². The Morgan fingerprint density at radius 2 is 1.82 bits per heavy atom. The summed E-state index contributed by atoms with van der Waals surface area (Å²) in [7, 11) is 3.17. The van der Waals surface area contributed by atoms with E-state index in [0.29, 0.717) is 30.1 Å². The third kappa shape index (κ3) is 4.80. The number of nitrogens with zero attached hydrogens (tertiary/aromatic N) is 2. The molecule has 1 aromatic heterocycles. The average Bonchev–Trinajstić information content (AvgIpc) is 2.85. The van der Waals surface area contributed by atoms with Crippen molar-refractivity contribution in [1.29, 1.82) is 0 Å². The van der Waals surface area contributed by atoms with Gasteiger partial charge in [-0.3, -0.25) is 9.59 Å². The normalized spacial score (nSPS) is 14.2. The Hall–Kier alpha value is -3.32. The number of rotatable bonds is 5. The summed E-state index contributed by atoms with van der Waals surface area (Å²) in [4.78, 5) is 27.9. The molecule has 1 N–H and O–H groups in total. The van der Waals surface area contributed by atoms with Crippen LogP contribution in [0.3, 0.4) is 0 Å². The topological polar surface area (TPSA) is 63.6 Å². The van der Waals surface area contributed by atoms with Crippen LogP contribution >= 0.6 is 11.6 Å². The van der Waals surface area contributed by atoms with E-state index in [4.69, 9.17) is 16.3 Å². The van der Waals surface area contributed by atoms with Crippen LogP contribution in [0, 0.1) is 12.7 Å². The van der Waals surface area contributed by atoms with Crippen molar-refractivity contribution in [2.75, 3.05) is 25.5 Å². The molecule has 1 saturated heterocycles. The average molecular weight is 484 g/mol. The predicted molar refractivity (Wildman–Crippen MR) is 132 cm³/mol. The van der Waals surface area contributed by atoms with Gasteiger partial charge in [-0.05, 0) is 67.1 Å². The highest BCUT2D eigenvalue weighted by Gasteiger charge is 2.28. The van der Waals surface area contributed by atoms with Gasteiger partial charge in [0.1, 0.15) is 16.6 Å². The lowest BCUT2D eigenvalue weighted by molar-refractivity contribution is 0.0713. The van der Waals surface area contributed by atoms with Crippen LogP contribution in [0.1, 0.15) is 40.2 Å². The molecule has 2 heterocycles. The SMILES string of the molecule is COc1ccc(Nc2c(C(=O)N3CCC(c4ccc(F)cc4)CC3)cn(C)c(=O)c2Cl)c(C)c1. The van der Waals surface area contributed by atoms with Crippen LogP contribution in [0.25, 0.3) is 0 Å². The second-order valence-electron chi connectivity index (χ2n) is 8.57. The lowest BCUT2D eigenvalue weighted by atomic mass is 9.89. The Kier molecular flexibility index (Phi) is 6.93. The fraction of sp³-hybridized carbons (Fsp3) is 0.308. The zero-order valence-corrected chi connectivity index (χ0v) is 20.2. The van der Waals surface area contributed by atoms with Gasteiger partial charge in [0.15, 0.2) is 0 Å². The number of likely N-dealkylation sites (tertiary alicyclic amines) is 1. The molecule has 1 fully saturated rings. The molecular formula is C26H27ClFN3O3. The van der Waals surface area contributed by atoms with Crippen LogP contribution in [0.4, 0.5) is 15.8 Å². The lowest BCUT2D eigenvalue weighted by Crippen LogP contribution is -2.39. The molecule has 34 heavy (non-hydrogen) atoms. The molecule has 0 saturated carbocycles. The largest absolute Gasteiger partial charge is 0.497 e. The molecule has 178 valence electrons. The molecule has 4 rings (SSSR count). The van der Waals surface area contributed by atoms with Crippen LogP contribution in [-0.2, 0) is 7.05 Å². The summed E-state index contributed by atoms with van der Waals surface area (Å²) in [6.07, 6.45) is 3.08. The van der Waals surface area contributed by atoms with Gasteiger partial charge in [-0.25, -0.2) is 4.39 Å². The van der Waals surface area contributed by atoms with Gasteiger partial charge in [0.05, 0.1) is 18.4 Å². The van der Waals surface area contributed by atoms with Gasteiger partial charge in [0.2, 0.25) is 0 Å². The smallest absolute Gasteiger partial charge is 0.271 e. The van der Waals surface area contributed by atoms with Gasteiger partial charge in [0.25, 0.3) is 11.5 Å². The summed E-state index contributed by atoms with van der Waals surface area (Å²) in [5.41, 5.74) is 2.93. The number of amides is 1. The number of anilines is 2. The Balaban J connectivity index is 1.59. The molecule has 1 amide bonds. The molecule has 1 aliphatic rings. The maximum absolute atomic E-state index is 13.5. The Labute approximate surface area is 202 Å². The van der Waals surface area contributed by atoms with E-state index in [1.807, 2.05) is 31.2 Å². The van der Waals surface area contributed by atoms with E-state index in [-0.39, 0.29) is 28.2 Å². The van der Waals surface area contributed by atoms with Gasteiger partial charge < -0.3 is 19.5 Å². The summed E-state index contributed by atoms with van der Waals surface area (Å²) in [5, 5.41) is 3.17. The molecular weight excluding hydrogens is 457 g/mol. The number of carbonyl (C=O) groups is 1. The number of nitrogens with one attached hydrogen (secondary N) is 1. The van der Waals surface area contributed by atoms with Crippen LogP contribution in [0.15, 0.2) is 53.5 Å². The van der Waals surface area contributed by atoms with Crippen LogP contribution in [-0.4, -0.2) is 35.6 Å². The van der Waals surface area contributed by atoms with Gasteiger partial charge >= 0.3 is 0 Å². The lowest BCUT2D eigenvalue weighted by Gasteiger charge is -2.33. The number of carbonyl (C=O) groups excluding carboxylic acids is 1. The van der Waals surface area contributed by atoms with Crippen LogP contribution in [0.5, 0.6) is 5.75 Å². The van der Waals surface area contributed by atoms with E-state index in [2.05, 4.69) is 5.32 Å². The molecule has 0 radical (unpaired) electrons. The zero-order valence-electron chi connectivity index (χ0n) is 19.4. The molecule has 0 unspecified atom stereocenters. The Morgan fingerprint density at radius 1 is 1.15 bits per heavy atom. The number of piperidine rings is 1. The van der Waals surface area contributed by atoms with Crippen molar-refractivity contribution < 1.29 is 13.9 Å². The van der Waals surface area contributed by atoms with E-state index in [0.717, 1.165) is 29.7 Å². The van der Waals surface area contributed by atoms with Crippen molar-refractivity contribution in [3.8, 4) is 5.75 Å². The maximum Gasteiger partial charge on any atom is 0.271 e. The highest BCUT2D eigenvalue weighted by molar-refractivity contribution is 6.34. The highest BCUT2D eigenvalue weighted by Crippen LogP contribution is 2.33. The molecule has 6 nitrogen and oxygen atoms in total.